The molecule has 2 N–H and O–H groups in total. The molecule has 5 nitrogen and oxygen atoms in total. The van der Waals surface area contributed by atoms with E-state index >= 15 is 0 Å². The maximum atomic E-state index is 14.1. The van der Waals surface area contributed by atoms with E-state index in [-0.39, 0.29) is 6.54 Å². The standard InChI is InChI=1S/C16H15FN2O3S/c1-10-6-7-13(17)15(8-10)23(21,22)19-9-12(16(18)20)11-4-2-3-5-14(11)19/h2-8,12H,9H2,1H3,(H2,18,20). The molecule has 0 aromatic heterocycles. The number of rotatable bonds is 3. The molecule has 1 atom stereocenters. The number of benzene rings is 2. The Hall–Kier alpha value is -2.41. The van der Waals surface area contributed by atoms with Crippen LogP contribution in [0.3, 0.4) is 0 Å². The van der Waals surface area contributed by atoms with Crippen molar-refractivity contribution in [1.29, 1.82) is 0 Å². The zero-order chi connectivity index (χ0) is 16.8. The number of hydrogen-bond acceptors (Lipinski definition) is 3. The number of primary amides is 1. The topological polar surface area (TPSA) is 80.5 Å². The lowest BCUT2D eigenvalue weighted by atomic mass is 10.0. The minimum atomic E-state index is -4.12. The van der Waals surface area contributed by atoms with Gasteiger partial charge in [-0.3, -0.25) is 9.10 Å². The maximum absolute atomic E-state index is 14.1. The van der Waals surface area contributed by atoms with Crippen LogP contribution >= 0.6 is 0 Å². The molecule has 0 aliphatic carbocycles. The number of halogens is 1. The first kappa shape index (κ1) is 15.5. The highest BCUT2D eigenvalue weighted by Gasteiger charge is 2.39. The number of para-hydroxylation sites is 1. The second-order valence-corrected chi connectivity index (χ2v) is 7.31. The van der Waals surface area contributed by atoms with E-state index < -0.39 is 32.6 Å². The van der Waals surface area contributed by atoms with Gasteiger partial charge in [-0.2, -0.15) is 0 Å². The van der Waals surface area contributed by atoms with Crippen LogP contribution in [0.2, 0.25) is 0 Å². The van der Waals surface area contributed by atoms with Crippen molar-refractivity contribution < 1.29 is 17.6 Å². The summed E-state index contributed by atoms with van der Waals surface area (Å²) in [5, 5.41) is 0. The third kappa shape index (κ3) is 2.46. The average molecular weight is 334 g/mol. The lowest BCUT2D eigenvalue weighted by molar-refractivity contribution is -0.119. The third-order valence-electron chi connectivity index (χ3n) is 3.93. The van der Waals surface area contributed by atoms with Gasteiger partial charge in [0.25, 0.3) is 10.0 Å². The number of fused-ring (bicyclic) bond motifs is 1. The molecular formula is C16H15FN2O3S. The molecule has 0 bridgehead atoms. The molecule has 0 saturated carbocycles. The molecular weight excluding hydrogens is 319 g/mol. The van der Waals surface area contributed by atoms with Crippen molar-refractivity contribution in [2.45, 2.75) is 17.7 Å². The number of sulfonamides is 1. The number of nitrogens with two attached hydrogens (primary N) is 1. The van der Waals surface area contributed by atoms with Crippen LogP contribution in [0.15, 0.2) is 47.4 Å². The predicted molar refractivity (Wildman–Crippen MR) is 84.0 cm³/mol. The van der Waals surface area contributed by atoms with Gasteiger partial charge in [0.05, 0.1) is 18.2 Å². The van der Waals surface area contributed by atoms with E-state index in [1.54, 1.807) is 31.2 Å². The van der Waals surface area contributed by atoms with E-state index in [4.69, 9.17) is 5.73 Å². The highest BCUT2D eigenvalue weighted by Crippen LogP contribution is 2.39. The van der Waals surface area contributed by atoms with Crippen molar-refractivity contribution in [3.8, 4) is 0 Å². The van der Waals surface area contributed by atoms with Gasteiger partial charge in [-0.05, 0) is 36.2 Å². The monoisotopic (exact) mass is 334 g/mol. The molecule has 120 valence electrons. The summed E-state index contributed by atoms with van der Waals surface area (Å²) in [4.78, 5) is 11.2. The zero-order valence-corrected chi connectivity index (χ0v) is 13.2. The molecule has 1 aliphatic heterocycles. The summed E-state index contributed by atoms with van der Waals surface area (Å²) in [5.74, 6) is -2.18. The van der Waals surface area contributed by atoms with Crippen LogP contribution in [-0.4, -0.2) is 20.9 Å². The Morgan fingerprint density at radius 1 is 1.26 bits per heavy atom. The van der Waals surface area contributed by atoms with Crippen LogP contribution in [0.5, 0.6) is 0 Å². The quantitative estimate of drug-likeness (QED) is 0.931. The minimum absolute atomic E-state index is 0.121. The first-order valence-electron chi connectivity index (χ1n) is 6.99. The van der Waals surface area contributed by atoms with Crippen molar-refractivity contribution in [1.82, 2.24) is 0 Å². The Balaban J connectivity index is 2.15. The fourth-order valence-electron chi connectivity index (χ4n) is 2.77. The molecule has 0 radical (unpaired) electrons. The summed E-state index contributed by atoms with van der Waals surface area (Å²) in [5.41, 5.74) is 6.90. The largest absolute Gasteiger partial charge is 0.369 e. The van der Waals surface area contributed by atoms with Crippen LogP contribution in [0, 0.1) is 12.7 Å². The summed E-state index contributed by atoms with van der Waals surface area (Å²) in [7, 11) is -4.12. The fraction of sp³-hybridized carbons (Fsp3) is 0.188. The van der Waals surface area contributed by atoms with Crippen molar-refractivity contribution in [2.24, 2.45) is 5.73 Å². The summed E-state index contributed by atoms with van der Waals surface area (Å²) >= 11 is 0. The highest BCUT2D eigenvalue weighted by atomic mass is 32.2. The lowest BCUT2D eigenvalue weighted by Crippen LogP contribution is -2.33. The maximum Gasteiger partial charge on any atom is 0.267 e. The molecule has 1 unspecified atom stereocenters. The Morgan fingerprint density at radius 3 is 2.65 bits per heavy atom. The number of anilines is 1. The summed E-state index contributed by atoms with van der Waals surface area (Å²) < 4.78 is 40.8. The molecule has 1 heterocycles. The van der Waals surface area contributed by atoms with E-state index in [2.05, 4.69) is 0 Å². The van der Waals surface area contributed by atoms with Crippen molar-refractivity contribution in [3.63, 3.8) is 0 Å². The van der Waals surface area contributed by atoms with Crippen LogP contribution in [0.4, 0.5) is 10.1 Å². The number of carbonyl (C=O) groups excluding carboxylic acids is 1. The van der Waals surface area contributed by atoms with Crippen molar-refractivity contribution in [2.75, 3.05) is 10.8 Å². The van der Waals surface area contributed by atoms with E-state index in [0.29, 0.717) is 16.8 Å². The number of hydrogen-bond donors (Lipinski definition) is 1. The highest BCUT2D eigenvalue weighted by molar-refractivity contribution is 7.92. The van der Waals surface area contributed by atoms with Gasteiger partial charge in [-0.15, -0.1) is 0 Å². The Morgan fingerprint density at radius 2 is 1.96 bits per heavy atom. The fourth-order valence-corrected chi connectivity index (χ4v) is 4.43. The van der Waals surface area contributed by atoms with E-state index in [1.165, 1.54) is 12.1 Å². The smallest absolute Gasteiger partial charge is 0.267 e. The predicted octanol–water partition coefficient (Wildman–Crippen LogP) is 1.91. The van der Waals surface area contributed by atoms with E-state index in [0.717, 1.165) is 10.4 Å². The number of amides is 1. The van der Waals surface area contributed by atoms with E-state index in [1.807, 2.05) is 0 Å². The van der Waals surface area contributed by atoms with Gasteiger partial charge in [0.2, 0.25) is 5.91 Å². The van der Waals surface area contributed by atoms with Gasteiger partial charge >= 0.3 is 0 Å². The van der Waals surface area contributed by atoms with Gasteiger partial charge in [0.1, 0.15) is 10.7 Å². The molecule has 0 fully saturated rings. The van der Waals surface area contributed by atoms with Crippen LogP contribution in [-0.2, 0) is 14.8 Å². The number of aryl methyl sites for hydroxylation is 1. The van der Waals surface area contributed by atoms with Gasteiger partial charge in [0, 0.05) is 0 Å². The second-order valence-electron chi connectivity index (χ2n) is 5.48. The van der Waals surface area contributed by atoms with Crippen molar-refractivity contribution >= 4 is 21.6 Å². The Labute approximate surface area is 133 Å². The molecule has 1 amide bonds. The summed E-state index contributed by atoms with van der Waals surface area (Å²) in [6.07, 6.45) is 0. The zero-order valence-electron chi connectivity index (χ0n) is 12.4. The molecule has 2 aromatic rings. The summed E-state index contributed by atoms with van der Waals surface area (Å²) in [6.45, 7) is 1.56. The Kier molecular flexibility index (Phi) is 3.60. The van der Waals surface area contributed by atoms with Gasteiger partial charge in [0.15, 0.2) is 0 Å². The SMILES string of the molecule is Cc1ccc(F)c(S(=O)(=O)N2CC(C(N)=O)c3ccccc32)c1. The molecule has 0 spiro atoms. The molecule has 3 rings (SSSR count). The van der Waals surface area contributed by atoms with Crippen LogP contribution in [0.25, 0.3) is 0 Å². The normalized spacial score (nSPS) is 17.1. The minimum Gasteiger partial charge on any atom is -0.369 e. The molecule has 23 heavy (non-hydrogen) atoms. The molecule has 7 heteroatoms. The van der Waals surface area contributed by atoms with E-state index in [9.17, 15) is 17.6 Å². The number of carbonyl (C=O) groups is 1. The second kappa shape index (κ2) is 5.34. The lowest BCUT2D eigenvalue weighted by Gasteiger charge is -2.20. The van der Waals surface area contributed by atoms with Crippen LogP contribution < -0.4 is 10.0 Å². The molecule has 0 saturated heterocycles. The van der Waals surface area contributed by atoms with Gasteiger partial charge in [-0.25, -0.2) is 12.8 Å². The van der Waals surface area contributed by atoms with Crippen LogP contribution in [0.1, 0.15) is 17.0 Å². The Bertz CT molecular complexity index is 896. The third-order valence-corrected chi connectivity index (χ3v) is 5.72. The summed E-state index contributed by atoms with van der Waals surface area (Å²) in [6, 6.07) is 10.5. The molecule has 2 aromatic carbocycles. The number of nitrogens with zero attached hydrogens (tertiary/aromatic N) is 1. The first-order chi connectivity index (χ1) is 10.8. The first-order valence-corrected chi connectivity index (χ1v) is 8.43. The molecule has 1 aliphatic rings. The average Bonchev–Trinajstić information content (AvgIpc) is 2.90. The van der Waals surface area contributed by atoms with Gasteiger partial charge in [-0.1, -0.05) is 24.3 Å². The van der Waals surface area contributed by atoms with Crippen molar-refractivity contribution in [3.05, 3.63) is 59.4 Å². The van der Waals surface area contributed by atoms with Gasteiger partial charge < -0.3 is 5.73 Å².